The Kier molecular flexibility index (Phi) is 6.58. The van der Waals surface area contributed by atoms with Crippen molar-refractivity contribution in [1.82, 2.24) is 20.4 Å². The monoisotopic (exact) mass is 445 g/mol. The van der Waals surface area contributed by atoms with Gasteiger partial charge < -0.3 is 14.7 Å². The van der Waals surface area contributed by atoms with Crippen LogP contribution in [0.2, 0.25) is 0 Å². The van der Waals surface area contributed by atoms with Crippen LogP contribution in [-0.2, 0) is 11.2 Å². The van der Waals surface area contributed by atoms with Crippen molar-refractivity contribution in [3.63, 3.8) is 0 Å². The molecule has 1 amide bonds. The minimum atomic E-state index is -1.11. The summed E-state index contributed by atoms with van der Waals surface area (Å²) in [5, 5.41) is 17.0. The average Bonchev–Trinajstić information content (AvgIpc) is 3.46. The molecule has 1 N–H and O–H groups in total. The fraction of sp³-hybridized carbons (Fsp3) is 0.833. The Morgan fingerprint density at radius 3 is 2.75 bits per heavy atom. The van der Waals surface area contributed by atoms with Gasteiger partial charge in [0.15, 0.2) is 5.82 Å². The third-order valence-electron chi connectivity index (χ3n) is 8.65. The molecule has 1 aromatic rings. The van der Waals surface area contributed by atoms with Crippen LogP contribution in [0.5, 0.6) is 0 Å². The summed E-state index contributed by atoms with van der Waals surface area (Å²) >= 11 is 0. The SMILES string of the molecule is CC1(C)[C@H](Cc2noc(C3CCCCC3)n2)CC[C@]1(C)NCC(=O)N1CC(F)CC1C#N. The molecule has 2 aliphatic carbocycles. The van der Waals surface area contributed by atoms with Crippen LogP contribution in [0.15, 0.2) is 4.52 Å². The number of likely N-dealkylation sites (tertiary alicyclic amines) is 1. The number of amides is 1. The summed E-state index contributed by atoms with van der Waals surface area (Å²) in [6.07, 6.45) is 7.75. The number of rotatable bonds is 6. The number of alkyl halides is 1. The summed E-state index contributed by atoms with van der Waals surface area (Å²) in [4.78, 5) is 18.8. The zero-order valence-electron chi connectivity index (χ0n) is 19.6. The van der Waals surface area contributed by atoms with Crippen LogP contribution in [0.3, 0.4) is 0 Å². The molecule has 0 spiro atoms. The van der Waals surface area contributed by atoms with Crippen molar-refractivity contribution < 1.29 is 13.7 Å². The van der Waals surface area contributed by atoms with Crippen LogP contribution in [0.1, 0.15) is 89.8 Å². The summed E-state index contributed by atoms with van der Waals surface area (Å²) < 4.78 is 19.3. The number of aromatic nitrogens is 2. The van der Waals surface area contributed by atoms with Crippen molar-refractivity contribution in [3.05, 3.63) is 11.7 Å². The lowest BCUT2D eigenvalue weighted by Gasteiger charge is -2.42. The van der Waals surface area contributed by atoms with Gasteiger partial charge >= 0.3 is 0 Å². The number of hydrogen-bond acceptors (Lipinski definition) is 6. The van der Waals surface area contributed by atoms with Gasteiger partial charge in [0.1, 0.15) is 12.2 Å². The van der Waals surface area contributed by atoms with Gasteiger partial charge in [0, 0.05) is 24.3 Å². The topological polar surface area (TPSA) is 95.1 Å². The second kappa shape index (κ2) is 9.09. The number of carbonyl (C=O) groups is 1. The maximum Gasteiger partial charge on any atom is 0.237 e. The van der Waals surface area contributed by atoms with E-state index < -0.39 is 12.2 Å². The lowest BCUT2D eigenvalue weighted by atomic mass is 9.70. The Bertz CT molecular complexity index is 859. The molecule has 2 unspecified atom stereocenters. The van der Waals surface area contributed by atoms with Gasteiger partial charge in [-0.1, -0.05) is 38.3 Å². The van der Waals surface area contributed by atoms with Crippen LogP contribution in [0, 0.1) is 22.7 Å². The Morgan fingerprint density at radius 1 is 1.28 bits per heavy atom. The average molecular weight is 446 g/mol. The minimum absolute atomic E-state index is 0.0165. The summed E-state index contributed by atoms with van der Waals surface area (Å²) in [7, 11) is 0. The summed E-state index contributed by atoms with van der Waals surface area (Å²) in [5.41, 5.74) is -0.346. The molecule has 0 bridgehead atoms. The Morgan fingerprint density at radius 2 is 2.03 bits per heavy atom. The fourth-order valence-electron chi connectivity index (χ4n) is 5.91. The Labute approximate surface area is 190 Å². The molecule has 32 heavy (non-hydrogen) atoms. The maximum atomic E-state index is 13.7. The summed E-state index contributed by atoms with van der Waals surface area (Å²) in [6.45, 7) is 6.76. The van der Waals surface area contributed by atoms with Crippen LogP contribution < -0.4 is 5.32 Å². The van der Waals surface area contributed by atoms with Crippen LogP contribution in [0.4, 0.5) is 4.39 Å². The van der Waals surface area contributed by atoms with Gasteiger partial charge in [-0.3, -0.25) is 4.79 Å². The number of hydrogen-bond donors (Lipinski definition) is 1. The minimum Gasteiger partial charge on any atom is -0.339 e. The first-order valence-electron chi connectivity index (χ1n) is 12.1. The highest BCUT2D eigenvalue weighted by Gasteiger charge is 2.51. The van der Waals surface area contributed by atoms with E-state index in [4.69, 9.17) is 9.51 Å². The van der Waals surface area contributed by atoms with Crippen LogP contribution >= 0.6 is 0 Å². The highest BCUT2D eigenvalue weighted by Crippen LogP contribution is 2.51. The molecule has 0 aromatic carbocycles. The molecule has 7 nitrogen and oxygen atoms in total. The standard InChI is InChI=1S/C24H36FN5O2/c1-23(2)17(11-20-28-22(32-29-20)16-7-5-4-6-8-16)9-10-24(23,3)27-14-21(31)30-15-18(25)12-19(30)13-26/h16-19,27H,4-12,14-15H2,1-3H3/t17-,18?,19?,24-/m0/s1. The molecule has 2 saturated carbocycles. The van der Waals surface area contributed by atoms with E-state index in [9.17, 15) is 14.4 Å². The van der Waals surface area contributed by atoms with E-state index in [1.54, 1.807) is 0 Å². The van der Waals surface area contributed by atoms with Gasteiger partial charge in [-0.15, -0.1) is 0 Å². The molecule has 8 heteroatoms. The number of carbonyl (C=O) groups excluding carboxylic acids is 1. The predicted octanol–water partition coefficient (Wildman–Crippen LogP) is 3.91. The quantitative estimate of drug-likeness (QED) is 0.713. The molecule has 4 rings (SSSR count). The fourth-order valence-corrected chi connectivity index (χ4v) is 5.91. The molecular weight excluding hydrogens is 409 g/mol. The Hall–Kier alpha value is -2.01. The van der Waals surface area contributed by atoms with Gasteiger partial charge in [-0.25, -0.2) is 4.39 Å². The van der Waals surface area contributed by atoms with E-state index in [1.807, 2.05) is 0 Å². The number of halogens is 1. The highest BCUT2D eigenvalue weighted by atomic mass is 19.1. The van der Waals surface area contributed by atoms with Gasteiger partial charge in [0.05, 0.1) is 19.2 Å². The van der Waals surface area contributed by atoms with Gasteiger partial charge in [0.25, 0.3) is 0 Å². The maximum absolute atomic E-state index is 13.7. The van der Waals surface area contributed by atoms with Gasteiger partial charge in [-0.05, 0) is 43.9 Å². The third kappa shape index (κ3) is 4.41. The van der Waals surface area contributed by atoms with Crippen LogP contribution in [0.25, 0.3) is 0 Å². The van der Waals surface area contributed by atoms with Crippen molar-refractivity contribution >= 4 is 5.91 Å². The van der Waals surface area contributed by atoms with Crippen LogP contribution in [-0.4, -0.2) is 51.8 Å². The zero-order chi connectivity index (χ0) is 22.9. The van der Waals surface area contributed by atoms with Crippen molar-refractivity contribution in [2.45, 2.75) is 102 Å². The molecule has 3 fully saturated rings. The first-order valence-corrected chi connectivity index (χ1v) is 12.1. The molecule has 2 heterocycles. The smallest absolute Gasteiger partial charge is 0.237 e. The zero-order valence-corrected chi connectivity index (χ0v) is 19.6. The van der Waals surface area contributed by atoms with Crippen molar-refractivity contribution in [1.29, 1.82) is 5.26 Å². The third-order valence-corrected chi connectivity index (χ3v) is 8.65. The second-order valence-corrected chi connectivity index (χ2v) is 10.8. The summed E-state index contributed by atoms with van der Waals surface area (Å²) in [6, 6.07) is 1.39. The first-order chi connectivity index (χ1) is 15.2. The first kappa shape index (κ1) is 23.2. The molecule has 4 atom stereocenters. The van der Waals surface area contributed by atoms with Crippen molar-refractivity contribution in [2.75, 3.05) is 13.1 Å². The van der Waals surface area contributed by atoms with Crippen molar-refractivity contribution in [3.8, 4) is 6.07 Å². The molecule has 3 aliphatic rings. The van der Waals surface area contributed by atoms with E-state index in [1.165, 1.54) is 24.2 Å². The Balaban J connectivity index is 1.36. The molecule has 1 aliphatic heterocycles. The number of nitrogens with one attached hydrogen (secondary N) is 1. The molecule has 176 valence electrons. The largest absolute Gasteiger partial charge is 0.339 e. The molecule has 1 aromatic heterocycles. The molecule has 1 saturated heterocycles. The van der Waals surface area contributed by atoms with E-state index in [-0.39, 0.29) is 36.4 Å². The van der Waals surface area contributed by atoms with Crippen molar-refractivity contribution in [2.24, 2.45) is 11.3 Å². The van der Waals surface area contributed by atoms with E-state index in [2.05, 4.69) is 37.3 Å². The second-order valence-electron chi connectivity index (χ2n) is 10.8. The molecule has 0 radical (unpaired) electrons. The lowest BCUT2D eigenvalue weighted by Crippen LogP contribution is -2.55. The van der Waals surface area contributed by atoms with E-state index in [0.717, 1.165) is 43.8 Å². The van der Waals surface area contributed by atoms with Gasteiger partial charge in [-0.2, -0.15) is 10.2 Å². The predicted molar refractivity (Wildman–Crippen MR) is 117 cm³/mol. The van der Waals surface area contributed by atoms with E-state index >= 15 is 0 Å². The highest BCUT2D eigenvalue weighted by molar-refractivity contribution is 5.79. The van der Waals surface area contributed by atoms with E-state index in [0.29, 0.717) is 11.8 Å². The normalized spacial score (nSPS) is 32.8. The summed E-state index contributed by atoms with van der Waals surface area (Å²) in [5.74, 6) is 2.15. The lowest BCUT2D eigenvalue weighted by molar-refractivity contribution is -0.131. The van der Waals surface area contributed by atoms with Gasteiger partial charge in [0.2, 0.25) is 11.8 Å². The molecular formula is C24H36FN5O2. The number of nitriles is 1. The number of nitrogens with zero attached hydrogens (tertiary/aromatic N) is 4.